The average Bonchev–Trinajstić information content (AvgIpc) is 2.36. The van der Waals surface area contributed by atoms with Crippen molar-refractivity contribution in [3.63, 3.8) is 0 Å². The summed E-state index contributed by atoms with van der Waals surface area (Å²) >= 11 is 5.89. The third-order valence-corrected chi connectivity index (χ3v) is 4.96. The first-order valence-corrected chi connectivity index (χ1v) is 7.97. The molecule has 0 N–H and O–H groups in total. The van der Waals surface area contributed by atoms with E-state index in [1.807, 2.05) is 11.8 Å². The first kappa shape index (κ1) is 15.1. The van der Waals surface area contributed by atoms with E-state index >= 15 is 0 Å². The van der Waals surface area contributed by atoms with E-state index in [0.717, 1.165) is 12.8 Å². The highest BCUT2D eigenvalue weighted by Crippen LogP contribution is 2.41. The largest absolute Gasteiger partial charge is 0.370 e. The molecule has 1 saturated heterocycles. The van der Waals surface area contributed by atoms with Gasteiger partial charge in [0.25, 0.3) is 0 Å². The molecule has 1 amide bonds. The van der Waals surface area contributed by atoms with Gasteiger partial charge in [-0.1, -0.05) is 26.7 Å². The second-order valence-electron chi connectivity index (χ2n) is 6.75. The van der Waals surface area contributed by atoms with Crippen molar-refractivity contribution in [1.29, 1.82) is 0 Å². The Morgan fingerprint density at radius 3 is 2.74 bits per heavy atom. The molecular formula is C15H26ClNO2. The highest BCUT2D eigenvalue weighted by Gasteiger charge is 2.40. The normalized spacial score (nSPS) is 35.2. The van der Waals surface area contributed by atoms with Gasteiger partial charge in [0.15, 0.2) is 0 Å². The zero-order chi connectivity index (χ0) is 14.0. The topological polar surface area (TPSA) is 29.5 Å². The first-order valence-electron chi connectivity index (χ1n) is 7.44. The maximum atomic E-state index is 12.8. The van der Waals surface area contributed by atoms with E-state index in [9.17, 15) is 4.79 Å². The van der Waals surface area contributed by atoms with Gasteiger partial charge in [0.1, 0.15) is 0 Å². The fraction of sp³-hybridized carbons (Fsp3) is 0.933. The number of hydrogen-bond donors (Lipinski definition) is 0. The second-order valence-corrected chi connectivity index (χ2v) is 7.06. The van der Waals surface area contributed by atoms with Gasteiger partial charge in [-0.2, -0.15) is 0 Å². The summed E-state index contributed by atoms with van der Waals surface area (Å²) < 4.78 is 5.73. The van der Waals surface area contributed by atoms with Crippen LogP contribution >= 0.6 is 11.6 Å². The van der Waals surface area contributed by atoms with E-state index in [1.165, 1.54) is 12.8 Å². The van der Waals surface area contributed by atoms with E-state index < -0.39 is 0 Å². The molecule has 0 aromatic carbocycles. The van der Waals surface area contributed by atoms with Crippen LogP contribution in [0, 0.1) is 11.3 Å². The van der Waals surface area contributed by atoms with E-state index in [4.69, 9.17) is 16.3 Å². The van der Waals surface area contributed by atoms with Crippen LogP contribution in [-0.4, -0.2) is 42.0 Å². The van der Waals surface area contributed by atoms with Crippen LogP contribution in [0.2, 0.25) is 0 Å². The van der Waals surface area contributed by atoms with Gasteiger partial charge in [-0.25, -0.2) is 0 Å². The van der Waals surface area contributed by atoms with Crippen molar-refractivity contribution >= 4 is 17.5 Å². The molecule has 1 heterocycles. The lowest BCUT2D eigenvalue weighted by molar-refractivity contribution is -0.152. The Morgan fingerprint density at radius 2 is 2.11 bits per heavy atom. The molecule has 3 unspecified atom stereocenters. The molecule has 1 aliphatic carbocycles. The average molecular weight is 288 g/mol. The molecule has 2 fully saturated rings. The SMILES string of the molecule is CC1CN(C(=O)C2CCCCC2(C)C)CC(CCl)O1. The summed E-state index contributed by atoms with van der Waals surface area (Å²) in [5.74, 6) is 0.944. The zero-order valence-corrected chi connectivity index (χ0v) is 13.1. The van der Waals surface area contributed by atoms with Crippen LogP contribution in [0.3, 0.4) is 0 Å². The summed E-state index contributed by atoms with van der Waals surface area (Å²) in [5, 5.41) is 0. The number of alkyl halides is 1. The second kappa shape index (κ2) is 6.01. The highest BCUT2D eigenvalue weighted by atomic mass is 35.5. The molecule has 4 heteroatoms. The van der Waals surface area contributed by atoms with Crippen molar-refractivity contribution in [2.45, 2.75) is 58.7 Å². The van der Waals surface area contributed by atoms with Crippen molar-refractivity contribution in [2.24, 2.45) is 11.3 Å². The number of hydrogen-bond acceptors (Lipinski definition) is 2. The molecule has 1 saturated carbocycles. The van der Waals surface area contributed by atoms with Crippen molar-refractivity contribution in [3.8, 4) is 0 Å². The summed E-state index contributed by atoms with van der Waals surface area (Å²) in [6.07, 6.45) is 4.69. The third-order valence-electron chi connectivity index (χ3n) is 4.62. The van der Waals surface area contributed by atoms with Crippen LogP contribution in [-0.2, 0) is 9.53 Å². The molecule has 2 aliphatic rings. The zero-order valence-electron chi connectivity index (χ0n) is 12.3. The van der Waals surface area contributed by atoms with Crippen LogP contribution in [0.5, 0.6) is 0 Å². The minimum absolute atomic E-state index is 0.0129. The molecule has 0 aromatic heterocycles. The molecule has 1 aliphatic heterocycles. The van der Waals surface area contributed by atoms with Gasteiger partial charge in [-0.3, -0.25) is 4.79 Å². The first-order chi connectivity index (χ1) is 8.94. The van der Waals surface area contributed by atoms with Crippen molar-refractivity contribution in [3.05, 3.63) is 0 Å². The quantitative estimate of drug-likeness (QED) is 0.731. The molecule has 0 spiro atoms. The Labute approximate surface area is 121 Å². The number of morpholine rings is 1. The minimum Gasteiger partial charge on any atom is -0.370 e. The molecule has 19 heavy (non-hydrogen) atoms. The van der Waals surface area contributed by atoms with Crippen LogP contribution in [0.25, 0.3) is 0 Å². The number of carbonyl (C=O) groups is 1. The van der Waals surface area contributed by atoms with E-state index in [0.29, 0.717) is 24.9 Å². The molecule has 0 aromatic rings. The number of ether oxygens (including phenoxy) is 1. The van der Waals surface area contributed by atoms with Gasteiger partial charge in [-0.15, -0.1) is 11.6 Å². The predicted molar refractivity (Wildman–Crippen MR) is 77.4 cm³/mol. The lowest BCUT2D eigenvalue weighted by atomic mass is 9.68. The van der Waals surface area contributed by atoms with E-state index in [-0.39, 0.29) is 23.5 Å². The lowest BCUT2D eigenvalue weighted by Gasteiger charge is -2.43. The van der Waals surface area contributed by atoms with Gasteiger partial charge >= 0.3 is 0 Å². The molecule has 2 rings (SSSR count). The predicted octanol–water partition coefficient (Wildman–Crippen LogP) is 3.06. The number of carbonyl (C=O) groups excluding carboxylic acids is 1. The fourth-order valence-corrected chi connectivity index (χ4v) is 3.65. The van der Waals surface area contributed by atoms with Crippen LogP contribution in [0.4, 0.5) is 0 Å². The minimum atomic E-state index is -0.0129. The summed E-state index contributed by atoms with van der Waals surface area (Å²) in [5.41, 5.74) is 0.132. The van der Waals surface area contributed by atoms with Crippen LogP contribution in [0.15, 0.2) is 0 Å². The Balaban J connectivity index is 2.05. The molecule has 3 atom stereocenters. The van der Waals surface area contributed by atoms with Gasteiger partial charge in [0.2, 0.25) is 5.91 Å². The molecular weight excluding hydrogens is 262 g/mol. The van der Waals surface area contributed by atoms with Crippen LogP contribution < -0.4 is 0 Å². The smallest absolute Gasteiger partial charge is 0.226 e. The Kier molecular flexibility index (Phi) is 4.78. The molecule has 0 bridgehead atoms. The molecule has 0 radical (unpaired) electrons. The summed E-state index contributed by atoms with van der Waals surface area (Å²) in [6.45, 7) is 7.85. The van der Waals surface area contributed by atoms with Gasteiger partial charge < -0.3 is 9.64 Å². The Hall–Kier alpha value is -0.280. The van der Waals surface area contributed by atoms with Gasteiger partial charge in [0.05, 0.1) is 18.1 Å². The maximum Gasteiger partial charge on any atom is 0.226 e. The summed E-state index contributed by atoms with van der Waals surface area (Å²) in [4.78, 5) is 14.8. The van der Waals surface area contributed by atoms with Crippen molar-refractivity contribution in [2.75, 3.05) is 19.0 Å². The number of halogens is 1. The fourth-order valence-electron chi connectivity index (χ4n) is 3.48. The van der Waals surface area contributed by atoms with Crippen LogP contribution in [0.1, 0.15) is 46.5 Å². The molecule has 110 valence electrons. The lowest BCUT2D eigenvalue weighted by Crippen LogP contribution is -2.53. The van der Waals surface area contributed by atoms with Crippen molar-refractivity contribution in [1.82, 2.24) is 4.90 Å². The monoisotopic (exact) mass is 287 g/mol. The van der Waals surface area contributed by atoms with E-state index in [2.05, 4.69) is 13.8 Å². The van der Waals surface area contributed by atoms with Gasteiger partial charge in [-0.05, 0) is 25.2 Å². The number of nitrogens with zero attached hydrogens (tertiary/aromatic N) is 1. The Morgan fingerprint density at radius 1 is 1.37 bits per heavy atom. The van der Waals surface area contributed by atoms with Gasteiger partial charge in [0, 0.05) is 19.0 Å². The number of amides is 1. The highest BCUT2D eigenvalue weighted by molar-refractivity contribution is 6.18. The summed E-state index contributed by atoms with van der Waals surface area (Å²) in [6, 6.07) is 0. The van der Waals surface area contributed by atoms with Crippen molar-refractivity contribution < 1.29 is 9.53 Å². The Bertz CT molecular complexity index is 332. The molecule has 3 nitrogen and oxygen atoms in total. The number of rotatable bonds is 2. The maximum absolute atomic E-state index is 12.8. The third kappa shape index (κ3) is 3.43. The van der Waals surface area contributed by atoms with E-state index in [1.54, 1.807) is 0 Å². The standard InChI is InChI=1S/C15H26ClNO2/c1-11-9-17(10-12(8-16)19-11)14(18)13-6-4-5-7-15(13,2)3/h11-13H,4-10H2,1-3H3. The summed E-state index contributed by atoms with van der Waals surface area (Å²) in [7, 11) is 0.